The van der Waals surface area contributed by atoms with Gasteiger partial charge in [-0.3, -0.25) is 4.18 Å². The molecule has 0 aromatic heterocycles. The summed E-state index contributed by atoms with van der Waals surface area (Å²) in [4.78, 5) is 0. The van der Waals surface area contributed by atoms with Crippen LogP contribution in [0, 0.1) is 16.7 Å². The molecule has 0 N–H and O–H groups in total. The predicted octanol–water partition coefficient (Wildman–Crippen LogP) is 1.54. The molecule has 3 nitrogen and oxygen atoms in total. The molecular formula is C10H16O3S. The van der Waals surface area contributed by atoms with Gasteiger partial charge in [0.05, 0.1) is 11.4 Å². The van der Waals surface area contributed by atoms with Crippen LogP contribution >= 0.6 is 0 Å². The highest BCUT2D eigenvalue weighted by Crippen LogP contribution is 2.70. The molecule has 2 bridgehead atoms. The van der Waals surface area contributed by atoms with Gasteiger partial charge in [0.1, 0.15) is 0 Å². The molecule has 0 aromatic carbocycles. The first-order valence-corrected chi connectivity index (χ1v) is 6.69. The fourth-order valence-corrected chi connectivity index (χ4v) is 6.39. The minimum atomic E-state index is -3.26. The lowest BCUT2D eigenvalue weighted by molar-refractivity contribution is 0.0712. The lowest BCUT2D eigenvalue weighted by atomic mass is 9.74. The average Bonchev–Trinajstić information content (AvgIpc) is 2.46. The zero-order valence-corrected chi connectivity index (χ0v) is 9.60. The highest BCUT2D eigenvalue weighted by molar-refractivity contribution is 7.87. The summed E-state index contributed by atoms with van der Waals surface area (Å²) in [5.41, 5.74) is 0.0840. The molecule has 0 aromatic rings. The monoisotopic (exact) mass is 216 g/mol. The highest BCUT2D eigenvalue weighted by Gasteiger charge is 2.73. The van der Waals surface area contributed by atoms with Crippen LogP contribution in [0.4, 0.5) is 0 Å². The van der Waals surface area contributed by atoms with Gasteiger partial charge in [0, 0.05) is 5.41 Å². The van der Waals surface area contributed by atoms with Gasteiger partial charge in [-0.15, -0.1) is 0 Å². The molecule has 4 unspecified atom stereocenters. The Labute approximate surface area is 85.0 Å². The topological polar surface area (TPSA) is 43.4 Å². The van der Waals surface area contributed by atoms with E-state index in [-0.39, 0.29) is 22.2 Å². The van der Waals surface area contributed by atoms with Gasteiger partial charge in [-0.05, 0) is 24.2 Å². The molecule has 1 heterocycles. The minimum Gasteiger partial charge on any atom is -0.266 e. The van der Waals surface area contributed by atoms with Gasteiger partial charge in [0.2, 0.25) is 0 Å². The van der Waals surface area contributed by atoms with Crippen molar-refractivity contribution in [2.75, 3.05) is 0 Å². The van der Waals surface area contributed by atoms with Crippen molar-refractivity contribution in [3.63, 3.8) is 0 Å². The normalized spacial score (nSPS) is 63.5. The Kier molecular flexibility index (Phi) is 1.34. The van der Waals surface area contributed by atoms with Gasteiger partial charge in [0.25, 0.3) is 10.1 Å². The van der Waals surface area contributed by atoms with E-state index in [9.17, 15) is 8.42 Å². The summed E-state index contributed by atoms with van der Waals surface area (Å²) < 4.78 is 28.8. The van der Waals surface area contributed by atoms with Gasteiger partial charge in [-0.25, -0.2) is 0 Å². The summed E-state index contributed by atoms with van der Waals surface area (Å²) in [6, 6.07) is 0. The van der Waals surface area contributed by atoms with E-state index in [1.54, 1.807) is 0 Å². The molecular weight excluding hydrogens is 200 g/mol. The Morgan fingerprint density at radius 3 is 2.50 bits per heavy atom. The number of hydrogen-bond acceptors (Lipinski definition) is 3. The van der Waals surface area contributed by atoms with Crippen molar-refractivity contribution in [1.29, 1.82) is 0 Å². The molecule has 3 fully saturated rings. The summed E-state index contributed by atoms with van der Waals surface area (Å²) in [5, 5.41) is -0.235. The second-order valence-corrected chi connectivity index (χ2v) is 7.57. The van der Waals surface area contributed by atoms with Crippen LogP contribution in [0.25, 0.3) is 0 Å². The van der Waals surface area contributed by atoms with Gasteiger partial charge in [0.15, 0.2) is 0 Å². The van der Waals surface area contributed by atoms with E-state index in [0.29, 0.717) is 5.92 Å². The van der Waals surface area contributed by atoms with E-state index in [1.165, 1.54) is 0 Å². The van der Waals surface area contributed by atoms with Gasteiger partial charge in [-0.2, -0.15) is 8.42 Å². The van der Waals surface area contributed by atoms with Crippen LogP contribution in [-0.2, 0) is 14.3 Å². The summed E-state index contributed by atoms with van der Waals surface area (Å²) in [7, 11) is -3.26. The SMILES string of the molecule is CC1C2OS(=O)(=O)C3CC1(C)C[C@]23C. The van der Waals surface area contributed by atoms with Crippen LogP contribution in [0.15, 0.2) is 0 Å². The zero-order valence-electron chi connectivity index (χ0n) is 8.78. The van der Waals surface area contributed by atoms with Crippen molar-refractivity contribution in [2.24, 2.45) is 16.7 Å². The van der Waals surface area contributed by atoms with Crippen LogP contribution in [0.3, 0.4) is 0 Å². The number of rotatable bonds is 0. The smallest absolute Gasteiger partial charge is 0.266 e. The number of hydrogen-bond donors (Lipinski definition) is 0. The molecule has 5 atom stereocenters. The third-order valence-corrected chi connectivity index (χ3v) is 6.84. The van der Waals surface area contributed by atoms with E-state index in [4.69, 9.17) is 4.18 Å². The maximum Gasteiger partial charge on any atom is 0.271 e. The van der Waals surface area contributed by atoms with Crippen LogP contribution in [0.2, 0.25) is 0 Å². The Morgan fingerprint density at radius 1 is 1.36 bits per heavy atom. The third-order valence-electron chi connectivity index (χ3n) is 4.96. The molecule has 14 heavy (non-hydrogen) atoms. The van der Waals surface area contributed by atoms with Crippen LogP contribution in [-0.4, -0.2) is 19.8 Å². The van der Waals surface area contributed by atoms with E-state index in [0.717, 1.165) is 12.8 Å². The van der Waals surface area contributed by atoms with Crippen molar-refractivity contribution in [3.05, 3.63) is 0 Å². The quantitative estimate of drug-likeness (QED) is 0.577. The van der Waals surface area contributed by atoms with E-state index in [1.807, 2.05) is 0 Å². The Balaban J connectivity index is 2.21. The molecule has 2 aliphatic carbocycles. The second-order valence-electron chi connectivity index (χ2n) is 5.83. The lowest BCUT2D eigenvalue weighted by Crippen LogP contribution is -2.38. The van der Waals surface area contributed by atoms with Crippen LogP contribution in [0.5, 0.6) is 0 Å². The van der Waals surface area contributed by atoms with E-state index >= 15 is 0 Å². The molecule has 0 radical (unpaired) electrons. The van der Waals surface area contributed by atoms with Gasteiger partial charge < -0.3 is 0 Å². The molecule has 80 valence electrons. The standard InChI is InChI=1S/C10H16O3S/c1-6-8-10(3)5-9(6,2)4-7(10)14(11,12)13-8/h6-8H,4-5H2,1-3H3/t6?,7?,8?,9?,10-/m0/s1. The molecule has 1 aliphatic heterocycles. The first kappa shape index (κ1) is 9.16. The van der Waals surface area contributed by atoms with Crippen molar-refractivity contribution < 1.29 is 12.6 Å². The van der Waals surface area contributed by atoms with Crippen molar-refractivity contribution in [1.82, 2.24) is 0 Å². The Bertz CT molecular complexity index is 402. The molecule has 0 spiro atoms. The third kappa shape index (κ3) is 0.735. The molecule has 4 heteroatoms. The molecule has 2 saturated carbocycles. The highest BCUT2D eigenvalue weighted by atomic mass is 32.2. The summed E-state index contributed by atoms with van der Waals surface area (Å²) >= 11 is 0. The van der Waals surface area contributed by atoms with Gasteiger partial charge in [-0.1, -0.05) is 20.8 Å². The molecule has 3 aliphatic rings. The molecule has 0 amide bonds. The van der Waals surface area contributed by atoms with E-state index < -0.39 is 10.1 Å². The fourth-order valence-electron chi connectivity index (χ4n) is 4.12. The maximum absolute atomic E-state index is 11.8. The van der Waals surface area contributed by atoms with Crippen molar-refractivity contribution in [3.8, 4) is 0 Å². The van der Waals surface area contributed by atoms with E-state index in [2.05, 4.69) is 20.8 Å². The molecule has 1 saturated heterocycles. The van der Waals surface area contributed by atoms with Gasteiger partial charge >= 0.3 is 0 Å². The van der Waals surface area contributed by atoms with Crippen LogP contribution < -0.4 is 0 Å². The fraction of sp³-hybridized carbons (Fsp3) is 1.00. The Hall–Kier alpha value is -0.0900. The zero-order chi connectivity index (χ0) is 10.4. The van der Waals surface area contributed by atoms with Crippen LogP contribution in [0.1, 0.15) is 33.6 Å². The minimum absolute atomic E-state index is 0.0590. The van der Waals surface area contributed by atoms with Crippen molar-refractivity contribution in [2.45, 2.75) is 45.0 Å². The first-order chi connectivity index (χ1) is 6.30. The Morgan fingerprint density at radius 2 is 2.00 bits per heavy atom. The largest absolute Gasteiger partial charge is 0.271 e. The first-order valence-electron chi connectivity index (χ1n) is 5.22. The maximum atomic E-state index is 11.8. The average molecular weight is 216 g/mol. The summed E-state index contributed by atoms with van der Waals surface area (Å²) in [6.45, 7) is 6.43. The summed E-state index contributed by atoms with van der Waals surface area (Å²) in [5.74, 6) is 0.376. The predicted molar refractivity (Wildman–Crippen MR) is 52.2 cm³/mol. The molecule has 3 rings (SSSR count). The lowest BCUT2D eigenvalue weighted by Gasteiger charge is -2.32. The van der Waals surface area contributed by atoms with Crippen molar-refractivity contribution >= 4 is 10.1 Å². The number of fused-ring (bicyclic) bond motifs is 1. The second kappa shape index (κ2) is 2.05. The summed E-state index contributed by atoms with van der Waals surface area (Å²) in [6.07, 6.45) is 1.75.